The molecule has 5 heteroatoms. The Hall–Kier alpha value is -1.59. The van der Waals surface area contributed by atoms with Crippen molar-refractivity contribution in [2.75, 3.05) is 26.3 Å². The molecule has 0 bridgehead atoms. The second-order valence-corrected chi connectivity index (χ2v) is 5.52. The minimum absolute atomic E-state index is 0.0202. The molecule has 1 aliphatic rings. The number of nitrogens with zero attached hydrogens (tertiary/aromatic N) is 1. The fourth-order valence-corrected chi connectivity index (χ4v) is 2.27. The monoisotopic (exact) mass is 278 g/mol. The van der Waals surface area contributed by atoms with E-state index in [0.717, 1.165) is 5.56 Å². The van der Waals surface area contributed by atoms with Crippen LogP contribution in [0.25, 0.3) is 0 Å². The van der Waals surface area contributed by atoms with Gasteiger partial charge in [-0.1, -0.05) is 18.2 Å². The van der Waals surface area contributed by atoms with Gasteiger partial charge >= 0.3 is 0 Å². The largest absolute Gasteiger partial charge is 0.483 e. The van der Waals surface area contributed by atoms with Crippen LogP contribution in [0, 0.1) is 0 Å². The van der Waals surface area contributed by atoms with E-state index in [-0.39, 0.29) is 18.1 Å². The summed E-state index contributed by atoms with van der Waals surface area (Å²) < 4.78 is 11.2. The van der Waals surface area contributed by atoms with Gasteiger partial charge in [0.2, 0.25) is 0 Å². The molecule has 0 atom stereocenters. The lowest BCUT2D eigenvalue weighted by molar-refractivity contribution is -0.147. The van der Waals surface area contributed by atoms with Gasteiger partial charge < -0.3 is 20.1 Å². The van der Waals surface area contributed by atoms with Crippen molar-refractivity contribution >= 4 is 5.91 Å². The third-order valence-corrected chi connectivity index (χ3v) is 3.32. The van der Waals surface area contributed by atoms with Crippen LogP contribution in [0.5, 0.6) is 5.75 Å². The van der Waals surface area contributed by atoms with Gasteiger partial charge in [0.05, 0.1) is 12.2 Å². The quantitative estimate of drug-likeness (QED) is 0.897. The summed E-state index contributed by atoms with van der Waals surface area (Å²) in [6, 6.07) is 7.51. The Labute approximate surface area is 119 Å². The van der Waals surface area contributed by atoms with Crippen LogP contribution in [0.4, 0.5) is 0 Å². The van der Waals surface area contributed by atoms with Crippen molar-refractivity contribution in [3.63, 3.8) is 0 Å². The number of rotatable bonds is 4. The first-order valence-electron chi connectivity index (χ1n) is 6.84. The lowest BCUT2D eigenvalue weighted by Gasteiger charge is -2.38. The zero-order chi connectivity index (χ0) is 14.6. The number of para-hydroxylation sites is 1. The molecular weight excluding hydrogens is 256 g/mol. The molecular formula is C15H22N2O3. The maximum atomic E-state index is 12.2. The fraction of sp³-hybridized carbons (Fsp3) is 0.533. The molecule has 0 unspecified atom stereocenters. The molecule has 1 aromatic carbocycles. The molecule has 1 heterocycles. The highest BCUT2D eigenvalue weighted by molar-refractivity contribution is 5.78. The number of carbonyl (C=O) groups excluding carboxylic acids is 1. The molecule has 20 heavy (non-hydrogen) atoms. The van der Waals surface area contributed by atoms with Crippen molar-refractivity contribution in [2.24, 2.45) is 5.73 Å². The maximum Gasteiger partial charge on any atom is 0.260 e. The Bertz CT molecular complexity index is 474. The van der Waals surface area contributed by atoms with Crippen LogP contribution in [0.15, 0.2) is 24.3 Å². The van der Waals surface area contributed by atoms with E-state index in [2.05, 4.69) is 0 Å². The number of carbonyl (C=O) groups is 1. The second kappa shape index (κ2) is 6.24. The standard InChI is InChI=1S/C15H22N2O3/c1-15(2)11-17(7-8-20-15)14(18)10-19-13-6-4-3-5-12(13)9-16/h3-6H,7-11,16H2,1-2H3. The summed E-state index contributed by atoms with van der Waals surface area (Å²) in [5.74, 6) is 0.657. The normalized spacial score (nSPS) is 17.9. The van der Waals surface area contributed by atoms with E-state index in [9.17, 15) is 4.79 Å². The molecule has 1 amide bonds. The first kappa shape index (κ1) is 14.8. The zero-order valence-corrected chi connectivity index (χ0v) is 12.1. The van der Waals surface area contributed by atoms with Crippen LogP contribution in [0.1, 0.15) is 19.4 Å². The van der Waals surface area contributed by atoms with Crippen molar-refractivity contribution in [2.45, 2.75) is 26.0 Å². The van der Waals surface area contributed by atoms with Gasteiger partial charge in [-0.05, 0) is 19.9 Å². The lowest BCUT2D eigenvalue weighted by Crippen LogP contribution is -2.51. The van der Waals surface area contributed by atoms with Gasteiger partial charge in [-0.25, -0.2) is 0 Å². The average molecular weight is 278 g/mol. The van der Waals surface area contributed by atoms with E-state index >= 15 is 0 Å². The third kappa shape index (κ3) is 3.71. The molecule has 1 aromatic rings. The van der Waals surface area contributed by atoms with E-state index in [1.807, 2.05) is 38.1 Å². The third-order valence-electron chi connectivity index (χ3n) is 3.32. The van der Waals surface area contributed by atoms with Gasteiger partial charge in [-0.15, -0.1) is 0 Å². The lowest BCUT2D eigenvalue weighted by atomic mass is 10.1. The number of benzene rings is 1. The number of hydrogen-bond acceptors (Lipinski definition) is 4. The number of ether oxygens (including phenoxy) is 2. The van der Waals surface area contributed by atoms with Crippen LogP contribution >= 0.6 is 0 Å². The van der Waals surface area contributed by atoms with Crippen LogP contribution < -0.4 is 10.5 Å². The van der Waals surface area contributed by atoms with Gasteiger partial charge in [-0.3, -0.25) is 4.79 Å². The fourth-order valence-electron chi connectivity index (χ4n) is 2.27. The van der Waals surface area contributed by atoms with Crippen molar-refractivity contribution in [3.05, 3.63) is 29.8 Å². The van der Waals surface area contributed by atoms with Crippen LogP contribution in [0.3, 0.4) is 0 Å². The first-order valence-corrected chi connectivity index (χ1v) is 6.84. The summed E-state index contributed by atoms with van der Waals surface area (Å²) in [7, 11) is 0. The average Bonchev–Trinajstić information content (AvgIpc) is 2.44. The van der Waals surface area contributed by atoms with E-state index in [0.29, 0.717) is 32.0 Å². The van der Waals surface area contributed by atoms with Crippen LogP contribution in [-0.4, -0.2) is 42.7 Å². The molecule has 1 aliphatic heterocycles. The molecule has 5 nitrogen and oxygen atoms in total. The molecule has 110 valence electrons. The molecule has 0 aromatic heterocycles. The number of nitrogens with two attached hydrogens (primary N) is 1. The van der Waals surface area contributed by atoms with Crippen molar-refractivity contribution < 1.29 is 14.3 Å². The molecule has 0 radical (unpaired) electrons. The van der Waals surface area contributed by atoms with Gasteiger partial charge in [0.25, 0.3) is 5.91 Å². The van der Waals surface area contributed by atoms with Gasteiger partial charge in [0.1, 0.15) is 5.75 Å². The Balaban J connectivity index is 1.92. The highest BCUT2D eigenvalue weighted by Gasteiger charge is 2.30. The molecule has 1 saturated heterocycles. The van der Waals surface area contributed by atoms with Crippen molar-refractivity contribution in [3.8, 4) is 5.75 Å². The molecule has 0 aliphatic carbocycles. The van der Waals surface area contributed by atoms with Gasteiger partial charge in [0, 0.05) is 25.2 Å². The number of morpholine rings is 1. The van der Waals surface area contributed by atoms with E-state index < -0.39 is 0 Å². The summed E-state index contributed by atoms with van der Waals surface area (Å²) in [6.45, 7) is 6.17. The summed E-state index contributed by atoms with van der Waals surface area (Å²) in [4.78, 5) is 14.0. The smallest absolute Gasteiger partial charge is 0.260 e. The minimum atomic E-state index is -0.289. The van der Waals surface area contributed by atoms with E-state index in [1.54, 1.807) is 4.90 Å². The Morgan fingerprint density at radius 3 is 2.90 bits per heavy atom. The zero-order valence-electron chi connectivity index (χ0n) is 12.1. The van der Waals surface area contributed by atoms with E-state index in [1.165, 1.54) is 0 Å². The number of hydrogen-bond donors (Lipinski definition) is 1. The SMILES string of the molecule is CC1(C)CN(C(=O)COc2ccccc2CN)CCO1. The van der Waals surface area contributed by atoms with Gasteiger partial charge in [-0.2, -0.15) is 0 Å². The molecule has 2 N–H and O–H groups in total. The summed E-state index contributed by atoms with van der Waals surface area (Å²) >= 11 is 0. The first-order chi connectivity index (χ1) is 9.52. The Morgan fingerprint density at radius 1 is 1.45 bits per heavy atom. The van der Waals surface area contributed by atoms with Crippen molar-refractivity contribution in [1.82, 2.24) is 4.90 Å². The topological polar surface area (TPSA) is 64.8 Å². The minimum Gasteiger partial charge on any atom is -0.483 e. The highest BCUT2D eigenvalue weighted by Crippen LogP contribution is 2.19. The number of amides is 1. The van der Waals surface area contributed by atoms with Gasteiger partial charge in [0.15, 0.2) is 6.61 Å². The summed E-state index contributed by atoms with van der Waals surface area (Å²) in [5.41, 5.74) is 6.26. The molecule has 0 spiro atoms. The second-order valence-electron chi connectivity index (χ2n) is 5.52. The molecule has 0 saturated carbocycles. The maximum absolute atomic E-state index is 12.2. The highest BCUT2D eigenvalue weighted by atomic mass is 16.5. The summed E-state index contributed by atoms with van der Waals surface area (Å²) in [5, 5.41) is 0. The Morgan fingerprint density at radius 2 is 2.20 bits per heavy atom. The predicted octanol–water partition coefficient (Wildman–Crippen LogP) is 1.16. The van der Waals surface area contributed by atoms with Crippen LogP contribution in [0.2, 0.25) is 0 Å². The molecule has 1 fully saturated rings. The Kier molecular flexibility index (Phi) is 4.62. The van der Waals surface area contributed by atoms with Crippen molar-refractivity contribution in [1.29, 1.82) is 0 Å². The molecule has 2 rings (SSSR count). The van der Waals surface area contributed by atoms with E-state index in [4.69, 9.17) is 15.2 Å². The summed E-state index contributed by atoms with van der Waals surface area (Å²) in [6.07, 6.45) is 0. The van der Waals surface area contributed by atoms with Crippen LogP contribution in [-0.2, 0) is 16.1 Å². The predicted molar refractivity (Wildman–Crippen MR) is 76.4 cm³/mol.